The molecule has 9 heteroatoms. The maximum absolute atomic E-state index is 12.3. The molecule has 0 saturated heterocycles. The Morgan fingerprint density at radius 3 is 2.57 bits per heavy atom. The van der Waals surface area contributed by atoms with Gasteiger partial charge in [-0.1, -0.05) is 11.6 Å². The number of ether oxygens (including phenoxy) is 2. The number of carbonyl (C=O) groups excluding carboxylic acids is 1. The Morgan fingerprint density at radius 2 is 1.96 bits per heavy atom. The van der Waals surface area contributed by atoms with E-state index < -0.39 is 4.92 Å². The second-order valence-corrected chi connectivity index (χ2v) is 6.77. The normalized spacial score (nSPS) is 11.6. The molecule has 0 aromatic heterocycles. The summed E-state index contributed by atoms with van der Waals surface area (Å²) in [6, 6.07) is 9.92. The maximum atomic E-state index is 12.3. The Kier molecular flexibility index (Phi) is 7.60. The Hall–Kier alpha value is -2.84. The number of anilines is 1. The first-order chi connectivity index (χ1) is 13.3. The molecule has 150 valence electrons. The number of halogens is 1. The summed E-state index contributed by atoms with van der Waals surface area (Å²) in [5, 5.41) is 14.5. The number of likely N-dealkylation sites (N-methyl/N-ethyl adjacent to an activating group) is 1. The third kappa shape index (κ3) is 6.11. The molecule has 0 radical (unpaired) electrons. The molecule has 2 N–H and O–H groups in total. The van der Waals surface area contributed by atoms with Crippen molar-refractivity contribution in [1.29, 1.82) is 0 Å². The minimum absolute atomic E-state index is 0.1000. The van der Waals surface area contributed by atoms with Crippen LogP contribution < -0.4 is 19.7 Å². The molecule has 2 rings (SSSR count). The van der Waals surface area contributed by atoms with E-state index in [2.05, 4.69) is 5.32 Å². The summed E-state index contributed by atoms with van der Waals surface area (Å²) in [4.78, 5) is 23.8. The smallest absolute Gasteiger partial charge is 0.311 e. The number of rotatable bonds is 9. The average Bonchev–Trinajstić information content (AvgIpc) is 2.64. The van der Waals surface area contributed by atoms with Gasteiger partial charge in [0.2, 0.25) is 0 Å². The number of nitro groups is 1. The molecule has 2 aromatic rings. The molecule has 0 heterocycles. The summed E-state index contributed by atoms with van der Waals surface area (Å²) in [7, 11) is 3.23. The summed E-state index contributed by atoms with van der Waals surface area (Å²) in [6.45, 7) is 2.99. The molecular formula is C19H23ClN3O5+. The van der Waals surface area contributed by atoms with Crippen LogP contribution in [-0.4, -0.2) is 44.7 Å². The molecule has 1 unspecified atom stereocenters. The van der Waals surface area contributed by atoms with E-state index in [9.17, 15) is 14.9 Å². The van der Waals surface area contributed by atoms with Gasteiger partial charge in [0, 0.05) is 22.8 Å². The number of benzene rings is 2. The number of nitrogens with zero attached hydrogens (tertiary/aromatic N) is 1. The van der Waals surface area contributed by atoms with Crippen LogP contribution in [0.25, 0.3) is 0 Å². The van der Waals surface area contributed by atoms with Crippen LogP contribution in [0.3, 0.4) is 0 Å². The van der Waals surface area contributed by atoms with Crippen molar-refractivity contribution in [1.82, 2.24) is 0 Å². The van der Waals surface area contributed by atoms with Gasteiger partial charge in [0.1, 0.15) is 18.9 Å². The molecule has 0 aliphatic heterocycles. The lowest BCUT2D eigenvalue weighted by molar-refractivity contribution is -0.871. The van der Waals surface area contributed by atoms with Gasteiger partial charge in [-0.15, -0.1) is 0 Å². The van der Waals surface area contributed by atoms with E-state index in [-0.39, 0.29) is 23.9 Å². The topological polar surface area (TPSA) is 95.1 Å². The molecule has 1 amide bonds. The van der Waals surface area contributed by atoms with Crippen LogP contribution in [0.1, 0.15) is 5.56 Å². The lowest BCUT2D eigenvalue weighted by Gasteiger charge is -2.15. The van der Waals surface area contributed by atoms with Crippen molar-refractivity contribution in [3.05, 3.63) is 57.1 Å². The van der Waals surface area contributed by atoms with Crippen LogP contribution in [0.4, 0.5) is 11.4 Å². The van der Waals surface area contributed by atoms with Gasteiger partial charge >= 0.3 is 5.69 Å². The highest BCUT2D eigenvalue weighted by molar-refractivity contribution is 6.30. The van der Waals surface area contributed by atoms with E-state index in [0.29, 0.717) is 29.4 Å². The first-order valence-electron chi connectivity index (χ1n) is 8.62. The lowest BCUT2D eigenvalue weighted by Crippen LogP contribution is -3.10. The zero-order chi connectivity index (χ0) is 20.7. The zero-order valence-corrected chi connectivity index (χ0v) is 16.7. The van der Waals surface area contributed by atoms with Crippen LogP contribution in [0.5, 0.6) is 11.5 Å². The van der Waals surface area contributed by atoms with Gasteiger partial charge in [0.15, 0.2) is 12.3 Å². The number of amides is 1. The third-order valence-corrected chi connectivity index (χ3v) is 4.32. The quantitative estimate of drug-likeness (QED) is 0.489. The molecule has 28 heavy (non-hydrogen) atoms. The Morgan fingerprint density at radius 1 is 1.29 bits per heavy atom. The van der Waals surface area contributed by atoms with Crippen molar-refractivity contribution in [2.75, 3.05) is 39.2 Å². The number of carbonyl (C=O) groups is 1. The molecule has 0 bridgehead atoms. The van der Waals surface area contributed by atoms with Crippen molar-refractivity contribution in [3.8, 4) is 11.5 Å². The van der Waals surface area contributed by atoms with Crippen LogP contribution in [0.2, 0.25) is 5.02 Å². The number of methoxy groups -OCH3 is 1. The molecule has 0 aliphatic carbocycles. The standard InChI is InChI=1S/C19H22ClN3O5/c1-13-10-17(23(25)26)18(27-3)11-16(13)21-19(24)12-22(2)8-9-28-15-6-4-14(20)5-7-15/h4-7,10-11H,8-9,12H2,1-3H3,(H,21,24)/p+1. The molecule has 0 saturated carbocycles. The highest BCUT2D eigenvalue weighted by Crippen LogP contribution is 2.32. The number of quaternary nitrogens is 1. The van der Waals surface area contributed by atoms with Crippen molar-refractivity contribution < 1.29 is 24.1 Å². The largest absolute Gasteiger partial charge is 0.490 e. The van der Waals surface area contributed by atoms with Crippen molar-refractivity contribution in [2.24, 2.45) is 0 Å². The number of nitrogens with one attached hydrogen (secondary N) is 2. The fraction of sp³-hybridized carbons (Fsp3) is 0.316. The number of hydrogen-bond acceptors (Lipinski definition) is 5. The fourth-order valence-corrected chi connectivity index (χ4v) is 2.67. The van der Waals surface area contributed by atoms with Gasteiger partial charge in [-0.2, -0.15) is 0 Å². The summed E-state index contributed by atoms with van der Waals surface area (Å²) >= 11 is 5.83. The average molecular weight is 409 g/mol. The van der Waals surface area contributed by atoms with Crippen LogP contribution >= 0.6 is 11.6 Å². The first kappa shape index (κ1) is 21.5. The van der Waals surface area contributed by atoms with Gasteiger partial charge < -0.3 is 19.7 Å². The van der Waals surface area contributed by atoms with Crippen LogP contribution in [0.15, 0.2) is 36.4 Å². The second kappa shape index (κ2) is 9.91. The fourth-order valence-electron chi connectivity index (χ4n) is 2.54. The Balaban J connectivity index is 1.87. The number of nitro benzene ring substituents is 1. The highest BCUT2D eigenvalue weighted by atomic mass is 35.5. The van der Waals surface area contributed by atoms with E-state index in [0.717, 1.165) is 10.6 Å². The Labute approximate surface area is 168 Å². The molecule has 0 aliphatic rings. The predicted octanol–water partition coefficient (Wildman–Crippen LogP) is 2.10. The molecule has 1 atom stereocenters. The molecular weight excluding hydrogens is 386 g/mol. The number of aryl methyl sites for hydroxylation is 1. The summed E-state index contributed by atoms with van der Waals surface area (Å²) in [5.74, 6) is 0.612. The lowest BCUT2D eigenvalue weighted by atomic mass is 10.1. The van der Waals surface area contributed by atoms with Crippen LogP contribution in [-0.2, 0) is 4.79 Å². The third-order valence-electron chi connectivity index (χ3n) is 4.07. The van der Waals surface area contributed by atoms with E-state index in [1.807, 2.05) is 7.05 Å². The molecule has 8 nitrogen and oxygen atoms in total. The Bertz CT molecular complexity index is 842. The second-order valence-electron chi connectivity index (χ2n) is 6.33. The van der Waals surface area contributed by atoms with Gasteiger partial charge in [0.25, 0.3) is 5.91 Å². The summed E-state index contributed by atoms with van der Waals surface area (Å²) < 4.78 is 10.7. The van der Waals surface area contributed by atoms with E-state index >= 15 is 0 Å². The van der Waals surface area contributed by atoms with Gasteiger partial charge in [-0.25, -0.2) is 0 Å². The number of hydrogen-bond donors (Lipinski definition) is 2. The highest BCUT2D eigenvalue weighted by Gasteiger charge is 2.19. The minimum atomic E-state index is -0.518. The van der Waals surface area contributed by atoms with Crippen molar-refractivity contribution in [2.45, 2.75) is 6.92 Å². The summed E-state index contributed by atoms with van der Waals surface area (Å²) in [5.41, 5.74) is 0.933. The predicted molar refractivity (Wildman–Crippen MR) is 107 cm³/mol. The summed E-state index contributed by atoms with van der Waals surface area (Å²) in [6.07, 6.45) is 0. The molecule has 0 fully saturated rings. The van der Waals surface area contributed by atoms with E-state index in [1.54, 1.807) is 31.2 Å². The minimum Gasteiger partial charge on any atom is -0.490 e. The van der Waals surface area contributed by atoms with E-state index in [1.165, 1.54) is 19.2 Å². The maximum Gasteiger partial charge on any atom is 0.311 e. The van der Waals surface area contributed by atoms with Gasteiger partial charge in [-0.05, 0) is 36.8 Å². The van der Waals surface area contributed by atoms with Crippen LogP contribution in [0, 0.1) is 17.0 Å². The molecule has 2 aromatic carbocycles. The van der Waals surface area contributed by atoms with Crippen molar-refractivity contribution in [3.63, 3.8) is 0 Å². The van der Waals surface area contributed by atoms with Gasteiger partial charge in [-0.3, -0.25) is 14.9 Å². The SMILES string of the molecule is COc1cc(NC(=O)C[NH+](C)CCOc2ccc(Cl)cc2)c(C)cc1[N+](=O)[O-]. The first-order valence-corrected chi connectivity index (χ1v) is 9.00. The molecule has 0 spiro atoms. The van der Waals surface area contributed by atoms with E-state index in [4.69, 9.17) is 21.1 Å². The zero-order valence-electron chi connectivity index (χ0n) is 16.0. The van der Waals surface area contributed by atoms with Crippen molar-refractivity contribution >= 4 is 28.9 Å². The monoisotopic (exact) mass is 408 g/mol. The van der Waals surface area contributed by atoms with Gasteiger partial charge in [0.05, 0.1) is 19.1 Å².